The second kappa shape index (κ2) is 7.89. The molecule has 5 nitrogen and oxygen atoms in total. The molecule has 1 aromatic heterocycles. The SMILES string of the molecule is Cc1ccc(NC(=O)c2nc(-c3cccc(Cl)c3)n(-c3ccccc3)n2)c(C)c1. The summed E-state index contributed by atoms with van der Waals surface area (Å²) in [6, 6.07) is 22.8. The normalized spacial score (nSPS) is 10.7. The average Bonchev–Trinajstić information content (AvgIpc) is 3.16. The van der Waals surface area contributed by atoms with Crippen LogP contribution in [0.15, 0.2) is 72.8 Å². The first kappa shape index (κ1) is 18.9. The summed E-state index contributed by atoms with van der Waals surface area (Å²) in [4.78, 5) is 17.4. The van der Waals surface area contributed by atoms with Crippen molar-refractivity contribution >= 4 is 23.2 Å². The number of rotatable bonds is 4. The number of carbonyl (C=O) groups excluding carboxylic acids is 1. The number of para-hydroxylation sites is 1. The van der Waals surface area contributed by atoms with Crippen LogP contribution in [0.3, 0.4) is 0 Å². The number of benzene rings is 3. The molecule has 0 saturated heterocycles. The van der Waals surface area contributed by atoms with E-state index in [4.69, 9.17) is 11.6 Å². The van der Waals surface area contributed by atoms with E-state index in [1.54, 1.807) is 16.8 Å². The molecule has 0 aliphatic carbocycles. The summed E-state index contributed by atoms with van der Waals surface area (Å²) in [6.45, 7) is 3.97. The molecule has 0 unspecified atom stereocenters. The molecule has 144 valence electrons. The van der Waals surface area contributed by atoms with E-state index >= 15 is 0 Å². The van der Waals surface area contributed by atoms with Gasteiger partial charge in [-0.05, 0) is 49.7 Å². The van der Waals surface area contributed by atoms with E-state index in [2.05, 4.69) is 15.4 Å². The Hall–Kier alpha value is -3.44. The summed E-state index contributed by atoms with van der Waals surface area (Å²) in [6.07, 6.45) is 0. The Labute approximate surface area is 174 Å². The Morgan fingerprint density at radius 1 is 0.966 bits per heavy atom. The highest BCUT2D eigenvalue weighted by Crippen LogP contribution is 2.24. The maximum Gasteiger partial charge on any atom is 0.295 e. The van der Waals surface area contributed by atoms with Crippen LogP contribution in [0.5, 0.6) is 0 Å². The zero-order chi connectivity index (χ0) is 20.4. The number of halogens is 1. The van der Waals surface area contributed by atoms with Crippen LogP contribution in [-0.4, -0.2) is 20.7 Å². The molecule has 1 heterocycles. The van der Waals surface area contributed by atoms with Gasteiger partial charge in [0.25, 0.3) is 5.91 Å². The first-order valence-corrected chi connectivity index (χ1v) is 9.56. The number of nitrogens with one attached hydrogen (secondary N) is 1. The van der Waals surface area contributed by atoms with Crippen molar-refractivity contribution in [2.24, 2.45) is 0 Å². The molecule has 0 radical (unpaired) electrons. The third-order valence-corrected chi connectivity index (χ3v) is 4.76. The van der Waals surface area contributed by atoms with Gasteiger partial charge in [-0.25, -0.2) is 9.67 Å². The first-order valence-electron chi connectivity index (χ1n) is 9.18. The maximum absolute atomic E-state index is 12.9. The smallest absolute Gasteiger partial charge is 0.295 e. The fourth-order valence-electron chi connectivity index (χ4n) is 3.10. The van der Waals surface area contributed by atoms with Crippen molar-refractivity contribution in [2.75, 3.05) is 5.32 Å². The van der Waals surface area contributed by atoms with Crippen molar-refractivity contribution in [3.8, 4) is 17.1 Å². The lowest BCUT2D eigenvalue weighted by atomic mass is 10.1. The number of aromatic nitrogens is 3. The largest absolute Gasteiger partial charge is 0.319 e. The van der Waals surface area contributed by atoms with Crippen LogP contribution in [0.4, 0.5) is 5.69 Å². The molecule has 0 fully saturated rings. The van der Waals surface area contributed by atoms with Gasteiger partial charge < -0.3 is 5.32 Å². The van der Waals surface area contributed by atoms with Gasteiger partial charge in [0.2, 0.25) is 5.82 Å². The van der Waals surface area contributed by atoms with Gasteiger partial charge in [0.15, 0.2) is 5.82 Å². The third-order valence-electron chi connectivity index (χ3n) is 4.52. The zero-order valence-corrected chi connectivity index (χ0v) is 16.8. The molecule has 0 spiro atoms. The van der Waals surface area contributed by atoms with Crippen molar-refractivity contribution in [2.45, 2.75) is 13.8 Å². The number of aryl methyl sites for hydroxylation is 2. The van der Waals surface area contributed by atoms with Crippen LogP contribution >= 0.6 is 11.6 Å². The predicted octanol–water partition coefficient (Wildman–Crippen LogP) is 5.46. The highest BCUT2D eigenvalue weighted by molar-refractivity contribution is 6.30. The summed E-state index contributed by atoms with van der Waals surface area (Å²) in [5.41, 5.74) is 4.44. The van der Waals surface area contributed by atoms with Gasteiger partial charge in [-0.3, -0.25) is 4.79 Å². The fourth-order valence-corrected chi connectivity index (χ4v) is 3.29. The molecule has 6 heteroatoms. The van der Waals surface area contributed by atoms with Gasteiger partial charge in [-0.1, -0.05) is 59.6 Å². The molecular weight excluding hydrogens is 384 g/mol. The topological polar surface area (TPSA) is 59.8 Å². The molecular formula is C23H19ClN4O. The van der Waals surface area contributed by atoms with Gasteiger partial charge in [-0.2, -0.15) is 0 Å². The van der Waals surface area contributed by atoms with Crippen molar-refractivity contribution in [3.63, 3.8) is 0 Å². The molecule has 0 aliphatic heterocycles. The number of nitrogens with zero attached hydrogens (tertiary/aromatic N) is 3. The van der Waals surface area contributed by atoms with Gasteiger partial charge >= 0.3 is 0 Å². The van der Waals surface area contributed by atoms with Crippen LogP contribution in [0.25, 0.3) is 17.1 Å². The number of anilines is 1. The minimum absolute atomic E-state index is 0.0869. The van der Waals surface area contributed by atoms with Crippen molar-refractivity contribution < 1.29 is 4.79 Å². The Bertz CT molecular complexity index is 1180. The second-order valence-electron chi connectivity index (χ2n) is 6.79. The van der Waals surface area contributed by atoms with E-state index in [0.717, 1.165) is 28.1 Å². The van der Waals surface area contributed by atoms with E-state index in [1.165, 1.54) is 0 Å². The maximum atomic E-state index is 12.9. The second-order valence-corrected chi connectivity index (χ2v) is 7.23. The van der Waals surface area contributed by atoms with E-state index in [1.807, 2.05) is 74.5 Å². The molecule has 1 amide bonds. The minimum Gasteiger partial charge on any atom is -0.319 e. The standard InChI is InChI=1S/C23H19ClN4O/c1-15-11-12-20(16(2)13-15)25-23(29)21-26-22(17-7-6-8-18(24)14-17)28(27-21)19-9-4-3-5-10-19/h3-14H,1-2H3,(H,25,29). The molecule has 0 atom stereocenters. The number of amides is 1. The molecule has 0 bridgehead atoms. The molecule has 4 aromatic rings. The van der Waals surface area contributed by atoms with Gasteiger partial charge in [-0.15, -0.1) is 5.10 Å². The summed E-state index contributed by atoms with van der Waals surface area (Å²) in [5.74, 6) is 0.267. The minimum atomic E-state index is -0.366. The number of hydrogen-bond acceptors (Lipinski definition) is 3. The fraction of sp³-hybridized carbons (Fsp3) is 0.0870. The number of carbonyl (C=O) groups is 1. The monoisotopic (exact) mass is 402 g/mol. The lowest BCUT2D eigenvalue weighted by Crippen LogP contribution is -2.15. The van der Waals surface area contributed by atoms with Gasteiger partial charge in [0.1, 0.15) is 0 Å². The summed E-state index contributed by atoms with van der Waals surface area (Å²) in [7, 11) is 0. The van der Waals surface area contributed by atoms with Crippen molar-refractivity contribution in [3.05, 3.63) is 94.8 Å². The van der Waals surface area contributed by atoms with Crippen molar-refractivity contribution in [1.29, 1.82) is 0 Å². The first-order chi connectivity index (χ1) is 14.0. The Balaban J connectivity index is 1.75. The van der Waals surface area contributed by atoms with Crippen molar-refractivity contribution in [1.82, 2.24) is 14.8 Å². The average molecular weight is 403 g/mol. The molecule has 4 rings (SSSR count). The van der Waals surface area contributed by atoms with E-state index < -0.39 is 0 Å². The van der Waals surface area contributed by atoms with Crippen LogP contribution < -0.4 is 5.32 Å². The summed E-state index contributed by atoms with van der Waals surface area (Å²) in [5, 5.41) is 7.97. The lowest BCUT2D eigenvalue weighted by molar-refractivity contribution is 0.101. The predicted molar refractivity (Wildman–Crippen MR) is 116 cm³/mol. The highest BCUT2D eigenvalue weighted by atomic mass is 35.5. The van der Waals surface area contributed by atoms with Crippen LogP contribution in [0, 0.1) is 13.8 Å². The van der Waals surface area contributed by atoms with Crippen LogP contribution in [0.1, 0.15) is 21.7 Å². The van der Waals surface area contributed by atoms with E-state index in [9.17, 15) is 4.79 Å². The van der Waals surface area contributed by atoms with Gasteiger partial charge in [0, 0.05) is 16.3 Å². The Morgan fingerprint density at radius 3 is 2.48 bits per heavy atom. The van der Waals surface area contributed by atoms with E-state index in [-0.39, 0.29) is 11.7 Å². The summed E-state index contributed by atoms with van der Waals surface area (Å²) >= 11 is 6.16. The molecule has 0 saturated carbocycles. The molecule has 3 aromatic carbocycles. The molecule has 1 N–H and O–H groups in total. The van der Waals surface area contributed by atoms with Crippen LogP contribution in [-0.2, 0) is 0 Å². The number of hydrogen-bond donors (Lipinski definition) is 1. The third kappa shape index (κ3) is 4.05. The quantitative estimate of drug-likeness (QED) is 0.493. The lowest BCUT2D eigenvalue weighted by Gasteiger charge is -2.07. The van der Waals surface area contributed by atoms with Crippen LogP contribution in [0.2, 0.25) is 5.02 Å². The highest BCUT2D eigenvalue weighted by Gasteiger charge is 2.19. The molecule has 0 aliphatic rings. The van der Waals surface area contributed by atoms with E-state index in [0.29, 0.717) is 10.8 Å². The Kier molecular flexibility index (Phi) is 5.14. The summed E-state index contributed by atoms with van der Waals surface area (Å²) < 4.78 is 1.66. The zero-order valence-electron chi connectivity index (χ0n) is 16.1. The molecule has 29 heavy (non-hydrogen) atoms. The Morgan fingerprint density at radius 2 is 1.76 bits per heavy atom. The van der Waals surface area contributed by atoms with Gasteiger partial charge in [0.05, 0.1) is 5.69 Å².